The van der Waals surface area contributed by atoms with Crippen LogP contribution in [0.2, 0.25) is 0 Å². The number of fused-ring (bicyclic) bond motifs is 3. The van der Waals surface area contributed by atoms with Gasteiger partial charge in [0.1, 0.15) is 11.7 Å². The normalized spacial score (nSPS) is 34.0. The Labute approximate surface area is 147 Å². The van der Waals surface area contributed by atoms with Crippen LogP contribution in [0, 0.1) is 11.3 Å². The Morgan fingerprint density at radius 3 is 2.48 bits per heavy atom. The quantitative estimate of drug-likeness (QED) is 0.431. The van der Waals surface area contributed by atoms with Gasteiger partial charge in [0.25, 0.3) is 0 Å². The number of carbonyl (C=O) groups excluding carboxylic acids is 3. The SMILES string of the molecule is C=C(C)C(=O)OC(CC)(CC)C12CC3CC(C1)C(=O)OC(C2)C(=O)O3. The largest absolute Gasteiger partial charge is 0.460 e. The van der Waals surface area contributed by atoms with Gasteiger partial charge < -0.3 is 14.2 Å². The Morgan fingerprint density at radius 2 is 1.88 bits per heavy atom. The molecule has 1 aliphatic carbocycles. The number of ether oxygens (including phenoxy) is 3. The molecule has 138 valence electrons. The van der Waals surface area contributed by atoms with E-state index in [-0.39, 0.29) is 18.0 Å². The first kappa shape index (κ1) is 18.0. The van der Waals surface area contributed by atoms with Crippen LogP contribution >= 0.6 is 0 Å². The van der Waals surface area contributed by atoms with E-state index in [0.717, 1.165) is 0 Å². The Hall–Kier alpha value is -1.85. The van der Waals surface area contributed by atoms with Crippen molar-refractivity contribution < 1.29 is 28.6 Å². The topological polar surface area (TPSA) is 78.9 Å². The van der Waals surface area contributed by atoms with Crippen LogP contribution in [0.1, 0.15) is 59.3 Å². The Bertz CT molecular complexity index is 617. The fraction of sp³-hybridized carbons (Fsp3) is 0.737. The maximum Gasteiger partial charge on any atom is 0.347 e. The van der Waals surface area contributed by atoms with Crippen LogP contribution in [0.25, 0.3) is 0 Å². The molecule has 3 aliphatic rings. The molecule has 6 nitrogen and oxygen atoms in total. The summed E-state index contributed by atoms with van der Waals surface area (Å²) in [6.45, 7) is 9.26. The van der Waals surface area contributed by atoms with Crippen molar-refractivity contribution in [1.29, 1.82) is 0 Å². The molecule has 3 fully saturated rings. The molecular formula is C19H26O6. The zero-order valence-corrected chi connectivity index (χ0v) is 15.1. The second-order valence-electron chi connectivity index (χ2n) is 7.68. The van der Waals surface area contributed by atoms with Gasteiger partial charge in [-0.15, -0.1) is 0 Å². The van der Waals surface area contributed by atoms with Gasteiger partial charge in [0, 0.05) is 17.4 Å². The van der Waals surface area contributed by atoms with Gasteiger partial charge in [0.15, 0.2) is 6.10 Å². The number of esters is 3. The van der Waals surface area contributed by atoms with Crippen LogP contribution in [0.5, 0.6) is 0 Å². The fourth-order valence-electron chi connectivity index (χ4n) is 4.99. The molecule has 0 amide bonds. The summed E-state index contributed by atoms with van der Waals surface area (Å²) in [6, 6.07) is 0. The molecule has 2 aliphatic heterocycles. The first-order valence-electron chi connectivity index (χ1n) is 9.05. The second-order valence-corrected chi connectivity index (χ2v) is 7.68. The number of rotatable bonds is 5. The third kappa shape index (κ3) is 2.75. The highest BCUT2D eigenvalue weighted by Crippen LogP contribution is 2.58. The maximum atomic E-state index is 12.4. The average molecular weight is 350 g/mol. The summed E-state index contributed by atoms with van der Waals surface area (Å²) in [5.41, 5.74) is -0.954. The second kappa shape index (κ2) is 6.15. The minimum Gasteiger partial charge on any atom is -0.460 e. The third-order valence-corrected chi connectivity index (χ3v) is 6.26. The van der Waals surface area contributed by atoms with Crippen molar-refractivity contribution in [2.75, 3.05) is 0 Å². The van der Waals surface area contributed by atoms with Crippen molar-refractivity contribution in [3.63, 3.8) is 0 Å². The highest BCUT2D eigenvalue weighted by molar-refractivity contribution is 5.87. The average Bonchev–Trinajstić information content (AvgIpc) is 2.73. The monoisotopic (exact) mass is 350 g/mol. The minimum absolute atomic E-state index is 0.321. The summed E-state index contributed by atoms with van der Waals surface area (Å²) in [5.74, 6) is -1.57. The molecule has 0 spiro atoms. The molecule has 0 aromatic carbocycles. The Balaban J connectivity index is 2.07. The number of hydrogen-bond acceptors (Lipinski definition) is 6. The predicted molar refractivity (Wildman–Crippen MR) is 88.4 cm³/mol. The van der Waals surface area contributed by atoms with Crippen LogP contribution in [0.15, 0.2) is 12.2 Å². The molecule has 2 heterocycles. The third-order valence-electron chi connectivity index (χ3n) is 6.26. The minimum atomic E-state index is -0.913. The summed E-state index contributed by atoms with van der Waals surface area (Å²) in [4.78, 5) is 37.0. The van der Waals surface area contributed by atoms with E-state index in [1.807, 2.05) is 13.8 Å². The van der Waals surface area contributed by atoms with Gasteiger partial charge in [-0.05, 0) is 39.0 Å². The van der Waals surface area contributed by atoms with Crippen molar-refractivity contribution in [3.8, 4) is 0 Å². The van der Waals surface area contributed by atoms with Crippen LogP contribution in [0.3, 0.4) is 0 Å². The molecule has 2 saturated heterocycles. The first-order valence-corrected chi connectivity index (χ1v) is 9.05. The molecule has 0 N–H and O–H groups in total. The molecule has 25 heavy (non-hydrogen) atoms. The highest BCUT2D eigenvalue weighted by atomic mass is 16.6. The molecule has 4 atom stereocenters. The van der Waals surface area contributed by atoms with Gasteiger partial charge >= 0.3 is 17.9 Å². The van der Waals surface area contributed by atoms with Crippen molar-refractivity contribution in [2.45, 2.75) is 77.1 Å². The van der Waals surface area contributed by atoms with Crippen LogP contribution in [-0.4, -0.2) is 35.7 Å². The highest BCUT2D eigenvalue weighted by Gasteiger charge is 2.62. The Kier molecular flexibility index (Phi) is 4.41. The summed E-state index contributed by atoms with van der Waals surface area (Å²) >= 11 is 0. The van der Waals surface area contributed by atoms with E-state index in [1.54, 1.807) is 6.92 Å². The van der Waals surface area contributed by atoms with Crippen LogP contribution in [-0.2, 0) is 28.6 Å². The molecule has 1 saturated carbocycles. The predicted octanol–water partition coefficient (Wildman–Crippen LogP) is 2.69. The van der Waals surface area contributed by atoms with E-state index in [1.165, 1.54) is 0 Å². The van der Waals surface area contributed by atoms with Gasteiger partial charge in [0.05, 0.1) is 5.92 Å². The molecule has 0 radical (unpaired) electrons. The zero-order chi connectivity index (χ0) is 18.4. The van der Waals surface area contributed by atoms with E-state index in [4.69, 9.17) is 14.2 Å². The van der Waals surface area contributed by atoms with E-state index in [2.05, 4.69) is 6.58 Å². The number of hydrogen-bond donors (Lipinski definition) is 0. The summed E-state index contributed by atoms with van der Waals surface area (Å²) in [7, 11) is 0. The molecule has 0 aromatic heterocycles. The summed E-state index contributed by atoms with van der Waals surface area (Å²) < 4.78 is 17.0. The lowest BCUT2D eigenvalue weighted by Gasteiger charge is -2.52. The maximum absolute atomic E-state index is 12.4. The molecule has 0 aromatic rings. The van der Waals surface area contributed by atoms with Gasteiger partial charge in [0.2, 0.25) is 0 Å². The first-order chi connectivity index (χ1) is 11.8. The molecule has 4 bridgehead atoms. The van der Waals surface area contributed by atoms with Gasteiger partial charge in [-0.2, -0.15) is 0 Å². The van der Waals surface area contributed by atoms with E-state index in [9.17, 15) is 14.4 Å². The Morgan fingerprint density at radius 1 is 1.20 bits per heavy atom. The number of carbonyl (C=O) groups is 3. The van der Waals surface area contributed by atoms with Crippen molar-refractivity contribution in [3.05, 3.63) is 12.2 Å². The summed E-state index contributed by atoms with van der Waals surface area (Å²) in [5, 5.41) is 0. The van der Waals surface area contributed by atoms with Crippen molar-refractivity contribution >= 4 is 17.9 Å². The van der Waals surface area contributed by atoms with E-state index < -0.39 is 29.1 Å². The van der Waals surface area contributed by atoms with E-state index >= 15 is 0 Å². The lowest BCUT2D eigenvalue weighted by molar-refractivity contribution is -0.190. The van der Waals surface area contributed by atoms with Gasteiger partial charge in [-0.3, -0.25) is 4.79 Å². The van der Waals surface area contributed by atoms with Gasteiger partial charge in [-0.1, -0.05) is 20.4 Å². The van der Waals surface area contributed by atoms with E-state index in [0.29, 0.717) is 44.1 Å². The van der Waals surface area contributed by atoms with Crippen molar-refractivity contribution in [1.82, 2.24) is 0 Å². The molecular weight excluding hydrogens is 324 g/mol. The fourth-order valence-corrected chi connectivity index (χ4v) is 4.99. The van der Waals surface area contributed by atoms with Crippen LogP contribution < -0.4 is 0 Å². The zero-order valence-electron chi connectivity index (χ0n) is 15.1. The molecule has 4 unspecified atom stereocenters. The standard InChI is InChI=1S/C19H26O6/c1-5-19(6-2,25-15(20)11(3)4)18-8-12-7-13(9-18)23-17(22)14(10-18)24-16(12)21/h12-14H,3,5-10H2,1-2,4H3. The van der Waals surface area contributed by atoms with Gasteiger partial charge in [-0.25, -0.2) is 9.59 Å². The van der Waals surface area contributed by atoms with Crippen LogP contribution in [0.4, 0.5) is 0 Å². The van der Waals surface area contributed by atoms with Crippen molar-refractivity contribution in [2.24, 2.45) is 11.3 Å². The smallest absolute Gasteiger partial charge is 0.347 e. The summed E-state index contributed by atoms with van der Waals surface area (Å²) in [6.07, 6.45) is 1.92. The molecule has 6 heteroatoms. The lowest BCUT2D eigenvalue weighted by Crippen LogP contribution is -2.55. The lowest BCUT2D eigenvalue weighted by atomic mass is 9.56. The molecule has 3 rings (SSSR count).